The summed E-state index contributed by atoms with van der Waals surface area (Å²) in [7, 11) is 0. The Morgan fingerprint density at radius 3 is 2.89 bits per heavy atom. The monoisotopic (exact) mass is 261 g/mol. The van der Waals surface area contributed by atoms with Gasteiger partial charge in [-0.2, -0.15) is 5.10 Å². The molecular formula is C13H15N3O3. The Bertz CT molecular complexity index is 553. The van der Waals surface area contributed by atoms with Gasteiger partial charge in [0.2, 0.25) is 0 Å². The zero-order valence-corrected chi connectivity index (χ0v) is 10.4. The first kappa shape index (κ1) is 11.8. The van der Waals surface area contributed by atoms with Gasteiger partial charge in [-0.3, -0.25) is 5.10 Å². The van der Waals surface area contributed by atoms with Crippen LogP contribution in [0.25, 0.3) is 11.5 Å². The van der Waals surface area contributed by atoms with E-state index in [1.54, 1.807) is 6.26 Å². The largest absolute Gasteiger partial charge is 0.465 e. The third-order valence-electron chi connectivity index (χ3n) is 3.58. The SMILES string of the molecule is O=C(O)N1CCC(c2cc(-c3ccco3)n[nH]2)CC1. The van der Waals surface area contributed by atoms with E-state index in [1.807, 2.05) is 18.2 Å². The van der Waals surface area contributed by atoms with Gasteiger partial charge < -0.3 is 14.4 Å². The third-order valence-corrected chi connectivity index (χ3v) is 3.58. The average Bonchev–Trinajstić information content (AvgIpc) is 3.10. The van der Waals surface area contributed by atoms with E-state index in [0.717, 1.165) is 30.0 Å². The first-order chi connectivity index (χ1) is 9.24. The second-order valence-electron chi connectivity index (χ2n) is 4.73. The number of hydrogen-bond acceptors (Lipinski definition) is 3. The van der Waals surface area contributed by atoms with Gasteiger partial charge in [-0.15, -0.1) is 0 Å². The van der Waals surface area contributed by atoms with Crippen LogP contribution in [0.15, 0.2) is 28.9 Å². The summed E-state index contributed by atoms with van der Waals surface area (Å²) in [6.45, 7) is 1.16. The summed E-state index contributed by atoms with van der Waals surface area (Å²) >= 11 is 0. The molecule has 0 atom stereocenters. The molecule has 0 aromatic carbocycles. The number of aromatic amines is 1. The molecule has 3 rings (SSSR count). The maximum atomic E-state index is 10.9. The summed E-state index contributed by atoms with van der Waals surface area (Å²) in [5, 5.41) is 16.2. The molecule has 6 nitrogen and oxygen atoms in total. The van der Waals surface area contributed by atoms with Crippen molar-refractivity contribution in [2.75, 3.05) is 13.1 Å². The Labute approximate surface area is 110 Å². The van der Waals surface area contributed by atoms with E-state index in [1.165, 1.54) is 4.90 Å². The van der Waals surface area contributed by atoms with E-state index < -0.39 is 6.09 Å². The number of furan rings is 1. The van der Waals surface area contributed by atoms with Gasteiger partial charge in [0.25, 0.3) is 0 Å². The molecule has 0 aliphatic carbocycles. The first-order valence-electron chi connectivity index (χ1n) is 6.31. The fourth-order valence-electron chi connectivity index (χ4n) is 2.48. The van der Waals surface area contributed by atoms with Gasteiger partial charge in [-0.05, 0) is 31.0 Å². The van der Waals surface area contributed by atoms with E-state index in [-0.39, 0.29) is 0 Å². The first-order valence-corrected chi connectivity index (χ1v) is 6.31. The zero-order valence-electron chi connectivity index (χ0n) is 10.4. The van der Waals surface area contributed by atoms with Gasteiger partial charge in [0, 0.05) is 24.7 Å². The molecule has 2 aromatic rings. The summed E-state index contributed by atoms with van der Waals surface area (Å²) in [4.78, 5) is 12.3. The molecule has 0 spiro atoms. The van der Waals surface area contributed by atoms with Gasteiger partial charge in [0.1, 0.15) is 5.69 Å². The van der Waals surface area contributed by atoms with Crippen molar-refractivity contribution in [2.24, 2.45) is 0 Å². The topological polar surface area (TPSA) is 82.4 Å². The predicted molar refractivity (Wildman–Crippen MR) is 67.9 cm³/mol. The number of piperidine rings is 1. The molecular weight excluding hydrogens is 246 g/mol. The number of aromatic nitrogens is 2. The Kier molecular flexibility index (Phi) is 2.98. The predicted octanol–water partition coefficient (Wildman–Crippen LogP) is 2.53. The highest BCUT2D eigenvalue weighted by molar-refractivity contribution is 5.65. The minimum absolute atomic E-state index is 0.340. The van der Waals surface area contributed by atoms with Crippen molar-refractivity contribution >= 4 is 6.09 Å². The van der Waals surface area contributed by atoms with Gasteiger partial charge >= 0.3 is 6.09 Å². The molecule has 2 aromatic heterocycles. The highest BCUT2D eigenvalue weighted by Gasteiger charge is 2.24. The van der Waals surface area contributed by atoms with Gasteiger partial charge in [-0.25, -0.2) is 4.79 Å². The number of nitrogens with zero attached hydrogens (tertiary/aromatic N) is 2. The zero-order chi connectivity index (χ0) is 13.2. The Balaban J connectivity index is 1.69. The number of H-pyrrole nitrogens is 1. The summed E-state index contributed by atoms with van der Waals surface area (Å²) < 4.78 is 5.30. The van der Waals surface area contributed by atoms with Crippen molar-refractivity contribution in [1.29, 1.82) is 0 Å². The fraction of sp³-hybridized carbons (Fsp3) is 0.385. The van der Waals surface area contributed by atoms with Crippen LogP contribution in [0.3, 0.4) is 0 Å². The number of carbonyl (C=O) groups is 1. The molecule has 1 fully saturated rings. The maximum absolute atomic E-state index is 10.9. The summed E-state index contributed by atoms with van der Waals surface area (Å²) in [6, 6.07) is 5.68. The number of carboxylic acid groups (broad SMARTS) is 1. The molecule has 0 bridgehead atoms. The van der Waals surface area contributed by atoms with Gasteiger partial charge in [-0.1, -0.05) is 0 Å². The molecule has 6 heteroatoms. The van der Waals surface area contributed by atoms with Gasteiger partial charge in [0.05, 0.1) is 6.26 Å². The lowest BCUT2D eigenvalue weighted by atomic mass is 9.93. The lowest BCUT2D eigenvalue weighted by Crippen LogP contribution is -2.36. The summed E-state index contributed by atoms with van der Waals surface area (Å²) in [5.41, 5.74) is 1.84. The lowest BCUT2D eigenvalue weighted by molar-refractivity contribution is 0.131. The Morgan fingerprint density at radius 2 is 2.26 bits per heavy atom. The number of amides is 1. The fourth-order valence-corrected chi connectivity index (χ4v) is 2.48. The number of hydrogen-bond donors (Lipinski definition) is 2. The molecule has 1 aliphatic rings. The van der Waals surface area contributed by atoms with Crippen LogP contribution in [0, 0.1) is 0 Å². The Hall–Kier alpha value is -2.24. The average molecular weight is 261 g/mol. The number of nitrogens with one attached hydrogen (secondary N) is 1. The molecule has 1 aliphatic heterocycles. The highest BCUT2D eigenvalue weighted by atomic mass is 16.4. The van der Waals surface area contributed by atoms with E-state index in [0.29, 0.717) is 19.0 Å². The molecule has 1 saturated heterocycles. The number of rotatable bonds is 2. The van der Waals surface area contributed by atoms with E-state index in [4.69, 9.17) is 9.52 Å². The van der Waals surface area contributed by atoms with Crippen molar-refractivity contribution in [3.05, 3.63) is 30.2 Å². The maximum Gasteiger partial charge on any atom is 0.407 e. The van der Waals surface area contributed by atoms with Crippen LogP contribution in [0.5, 0.6) is 0 Å². The second-order valence-corrected chi connectivity index (χ2v) is 4.73. The molecule has 0 unspecified atom stereocenters. The van der Waals surface area contributed by atoms with Crippen LogP contribution in [0.2, 0.25) is 0 Å². The molecule has 100 valence electrons. The standard InChI is InChI=1S/C13H15N3O3/c17-13(18)16-5-3-9(4-6-16)10-8-11(15-14-10)12-2-1-7-19-12/h1-2,7-9H,3-6H2,(H,14,15)(H,17,18). The molecule has 0 saturated carbocycles. The van der Waals surface area contributed by atoms with Crippen molar-refractivity contribution in [2.45, 2.75) is 18.8 Å². The number of likely N-dealkylation sites (tertiary alicyclic amines) is 1. The Morgan fingerprint density at radius 1 is 1.47 bits per heavy atom. The van der Waals surface area contributed by atoms with Crippen molar-refractivity contribution in [1.82, 2.24) is 15.1 Å². The van der Waals surface area contributed by atoms with Crippen LogP contribution < -0.4 is 0 Å². The highest BCUT2D eigenvalue weighted by Crippen LogP contribution is 2.29. The van der Waals surface area contributed by atoms with E-state index in [9.17, 15) is 4.79 Å². The molecule has 0 radical (unpaired) electrons. The van der Waals surface area contributed by atoms with Crippen molar-refractivity contribution in [3.8, 4) is 11.5 Å². The van der Waals surface area contributed by atoms with Crippen molar-refractivity contribution < 1.29 is 14.3 Å². The second kappa shape index (κ2) is 4.79. The summed E-state index contributed by atoms with van der Waals surface area (Å²) in [5.74, 6) is 1.08. The lowest BCUT2D eigenvalue weighted by Gasteiger charge is -2.29. The van der Waals surface area contributed by atoms with Crippen molar-refractivity contribution in [3.63, 3.8) is 0 Å². The van der Waals surface area contributed by atoms with Crippen LogP contribution >= 0.6 is 0 Å². The normalized spacial score (nSPS) is 16.7. The van der Waals surface area contributed by atoms with Gasteiger partial charge in [0.15, 0.2) is 5.76 Å². The van der Waals surface area contributed by atoms with E-state index >= 15 is 0 Å². The van der Waals surface area contributed by atoms with Crippen LogP contribution in [-0.4, -0.2) is 39.4 Å². The third kappa shape index (κ3) is 2.33. The minimum Gasteiger partial charge on any atom is -0.465 e. The van der Waals surface area contributed by atoms with Crippen LogP contribution in [-0.2, 0) is 0 Å². The molecule has 3 heterocycles. The van der Waals surface area contributed by atoms with Crippen LogP contribution in [0.4, 0.5) is 4.79 Å². The molecule has 19 heavy (non-hydrogen) atoms. The smallest absolute Gasteiger partial charge is 0.407 e. The van der Waals surface area contributed by atoms with E-state index in [2.05, 4.69) is 10.2 Å². The quantitative estimate of drug-likeness (QED) is 0.870. The minimum atomic E-state index is -0.834. The molecule has 2 N–H and O–H groups in total. The molecule has 1 amide bonds. The summed E-state index contributed by atoms with van der Waals surface area (Å²) in [6.07, 6.45) is 2.44. The van der Waals surface area contributed by atoms with Crippen LogP contribution in [0.1, 0.15) is 24.5 Å².